The molecular weight excluding hydrogens is 174 g/mol. The van der Waals surface area contributed by atoms with Gasteiger partial charge in [0.05, 0.1) is 12.0 Å². The molecule has 2 heterocycles. The molecule has 1 N–H and O–H groups in total. The summed E-state index contributed by atoms with van der Waals surface area (Å²) in [4.78, 5) is 4.17. The summed E-state index contributed by atoms with van der Waals surface area (Å²) < 4.78 is 2.16. The first kappa shape index (κ1) is 9.29. The second-order valence-electron chi connectivity index (χ2n) is 3.61. The van der Waals surface area contributed by atoms with Crippen LogP contribution in [-0.4, -0.2) is 16.1 Å². The smallest absolute Gasteiger partial charge is 0.0948 e. The molecule has 1 aromatic rings. The summed E-state index contributed by atoms with van der Waals surface area (Å²) in [5, 5.41) is 3.46. The molecular formula is C11H15N3. The highest BCUT2D eigenvalue weighted by Gasteiger charge is 2.19. The fraction of sp³-hybridized carbons (Fsp3) is 0.545. The first-order valence-electron chi connectivity index (χ1n) is 5.08. The molecule has 1 aliphatic heterocycles. The van der Waals surface area contributed by atoms with Crippen molar-refractivity contribution in [1.29, 1.82) is 0 Å². The van der Waals surface area contributed by atoms with Gasteiger partial charge in [-0.05, 0) is 19.4 Å². The van der Waals surface area contributed by atoms with Gasteiger partial charge in [-0.1, -0.05) is 0 Å². The number of aromatic nitrogens is 2. The molecule has 3 nitrogen and oxygen atoms in total. The minimum atomic E-state index is 0.482. The lowest BCUT2D eigenvalue weighted by atomic mass is 10.2. The summed E-state index contributed by atoms with van der Waals surface area (Å²) >= 11 is 0. The summed E-state index contributed by atoms with van der Waals surface area (Å²) in [7, 11) is 0. The lowest BCUT2D eigenvalue weighted by Gasteiger charge is -2.12. The Labute approximate surface area is 84.5 Å². The Morgan fingerprint density at radius 1 is 1.71 bits per heavy atom. The van der Waals surface area contributed by atoms with Gasteiger partial charge in [-0.25, -0.2) is 4.98 Å². The van der Waals surface area contributed by atoms with Crippen LogP contribution in [0.1, 0.15) is 31.0 Å². The van der Waals surface area contributed by atoms with Crippen molar-refractivity contribution in [1.82, 2.24) is 14.9 Å². The van der Waals surface area contributed by atoms with Crippen LogP contribution < -0.4 is 5.32 Å². The third-order valence-electron chi connectivity index (χ3n) is 2.66. The molecule has 3 heteroatoms. The molecule has 0 aromatic carbocycles. The van der Waals surface area contributed by atoms with Gasteiger partial charge in [0.2, 0.25) is 0 Å². The van der Waals surface area contributed by atoms with E-state index in [1.165, 1.54) is 18.5 Å². The third-order valence-corrected chi connectivity index (χ3v) is 2.66. The zero-order valence-electron chi connectivity index (χ0n) is 8.24. The topological polar surface area (TPSA) is 29.9 Å². The highest BCUT2D eigenvalue weighted by molar-refractivity contribution is 5.07. The van der Waals surface area contributed by atoms with Crippen LogP contribution >= 0.6 is 0 Å². The van der Waals surface area contributed by atoms with E-state index in [0.717, 1.165) is 19.5 Å². The van der Waals surface area contributed by atoms with Gasteiger partial charge >= 0.3 is 0 Å². The number of nitrogens with one attached hydrogen (secondary N) is 1. The molecule has 1 saturated heterocycles. The number of nitrogens with zero attached hydrogens (tertiary/aromatic N) is 2. The minimum absolute atomic E-state index is 0.482. The van der Waals surface area contributed by atoms with Gasteiger partial charge < -0.3 is 9.88 Å². The van der Waals surface area contributed by atoms with Gasteiger partial charge in [0, 0.05) is 25.2 Å². The number of rotatable bonds is 3. The molecule has 0 saturated carbocycles. The largest absolute Gasteiger partial charge is 0.332 e. The molecule has 14 heavy (non-hydrogen) atoms. The number of hydrogen-bond acceptors (Lipinski definition) is 2. The minimum Gasteiger partial charge on any atom is -0.332 e. The van der Waals surface area contributed by atoms with Crippen molar-refractivity contribution in [2.75, 3.05) is 6.54 Å². The number of terminal acetylenes is 1. The maximum atomic E-state index is 5.25. The van der Waals surface area contributed by atoms with Crippen LogP contribution in [-0.2, 0) is 6.54 Å². The van der Waals surface area contributed by atoms with Crippen LogP contribution in [0, 0.1) is 12.3 Å². The highest BCUT2D eigenvalue weighted by atomic mass is 15.1. The molecule has 0 radical (unpaired) electrons. The molecule has 1 fully saturated rings. The van der Waals surface area contributed by atoms with E-state index in [0.29, 0.717) is 6.04 Å². The van der Waals surface area contributed by atoms with Crippen molar-refractivity contribution < 1.29 is 0 Å². The maximum absolute atomic E-state index is 5.25. The van der Waals surface area contributed by atoms with E-state index >= 15 is 0 Å². The monoisotopic (exact) mass is 189 g/mol. The molecule has 0 bridgehead atoms. The first-order chi connectivity index (χ1) is 6.92. The summed E-state index contributed by atoms with van der Waals surface area (Å²) in [6.45, 7) is 2.00. The predicted octanol–water partition coefficient (Wildman–Crippen LogP) is 1.33. The van der Waals surface area contributed by atoms with Crippen molar-refractivity contribution in [3.05, 3.63) is 18.2 Å². The van der Waals surface area contributed by atoms with E-state index in [9.17, 15) is 0 Å². The number of aryl methyl sites for hydroxylation is 1. The van der Waals surface area contributed by atoms with Crippen LogP contribution in [0.15, 0.2) is 12.5 Å². The van der Waals surface area contributed by atoms with E-state index in [1.807, 2.05) is 12.5 Å². The van der Waals surface area contributed by atoms with Crippen LogP contribution in [0.5, 0.6) is 0 Å². The Morgan fingerprint density at radius 2 is 2.64 bits per heavy atom. The number of hydrogen-bond donors (Lipinski definition) is 1. The SMILES string of the molecule is C#CCCn1cncc1[C@@H]1CCCN1. The molecule has 0 spiro atoms. The van der Waals surface area contributed by atoms with Gasteiger partial charge in [-0.3, -0.25) is 0 Å². The first-order valence-corrected chi connectivity index (χ1v) is 5.08. The zero-order valence-corrected chi connectivity index (χ0v) is 8.24. The van der Waals surface area contributed by atoms with Crippen molar-refractivity contribution in [2.24, 2.45) is 0 Å². The van der Waals surface area contributed by atoms with E-state index in [4.69, 9.17) is 6.42 Å². The van der Waals surface area contributed by atoms with E-state index in [1.54, 1.807) is 0 Å². The van der Waals surface area contributed by atoms with Crippen LogP contribution in [0.4, 0.5) is 0 Å². The zero-order chi connectivity index (χ0) is 9.80. The lowest BCUT2D eigenvalue weighted by molar-refractivity contribution is 0.568. The molecule has 0 aliphatic carbocycles. The Morgan fingerprint density at radius 3 is 3.36 bits per heavy atom. The summed E-state index contributed by atoms with van der Waals surface area (Å²) in [6, 6.07) is 0.482. The molecule has 0 amide bonds. The molecule has 2 rings (SSSR count). The van der Waals surface area contributed by atoms with Crippen LogP contribution in [0.2, 0.25) is 0 Å². The standard InChI is InChI=1S/C11H15N3/c1-2-3-7-14-9-12-8-11(14)10-5-4-6-13-10/h1,8-10,13H,3-7H2/t10-/m0/s1. The van der Waals surface area contributed by atoms with Gasteiger partial charge in [0.15, 0.2) is 0 Å². The highest BCUT2D eigenvalue weighted by Crippen LogP contribution is 2.22. The van der Waals surface area contributed by atoms with Crippen LogP contribution in [0.25, 0.3) is 0 Å². The third kappa shape index (κ3) is 1.80. The summed E-state index contributed by atoms with van der Waals surface area (Å²) in [6.07, 6.45) is 12.3. The Hall–Kier alpha value is -1.27. The predicted molar refractivity (Wildman–Crippen MR) is 55.7 cm³/mol. The lowest BCUT2D eigenvalue weighted by Crippen LogP contribution is -2.16. The molecule has 1 aliphatic rings. The quantitative estimate of drug-likeness (QED) is 0.727. The van der Waals surface area contributed by atoms with Gasteiger partial charge in [0.25, 0.3) is 0 Å². The second-order valence-corrected chi connectivity index (χ2v) is 3.61. The van der Waals surface area contributed by atoms with Crippen molar-refractivity contribution in [3.8, 4) is 12.3 Å². The number of imidazole rings is 1. The Bertz CT molecular complexity index is 329. The van der Waals surface area contributed by atoms with Gasteiger partial charge in [-0.15, -0.1) is 12.3 Å². The van der Waals surface area contributed by atoms with Crippen molar-refractivity contribution in [3.63, 3.8) is 0 Å². The summed E-state index contributed by atoms with van der Waals surface area (Å²) in [5.74, 6) is 2.65. The summed E-state index contributed by atoms with van der Waals surface area (Å²) in [5.41, 5.74) is 1.28. The van der Waals surface area contributed by atoms with Crippen LogP contribution in [0.3, 0.4) is 0 Å². The second kappa shape index (κ2) is 4.30. The van der Waals surface area contributed by atoms with Crippen molar-refractivity contribution in [2.45, 2.75) is 31.8 Å². The molecule has 74 valence electrons. The van der Waals surface area contributed by atoms with Gasteiger partial charge in [0.1, 0.15) is 0 Å². The van der Waals surface area contributed by atoms with Gasteiger partial charge in [-0.2, -0.15) is 0 Å². The van der Waals surface area contributed by atoms with E-state index in [2.05, 4.69) is 20.8 Å². The fourth-order valence-corrected chi connectivity index (χ4v) is 1.93. The Kier molecular flexibility index (Phi) is 2.85. The van der Waals surface area contributed by atoms with Crippen molar-refractivity contribution >= 4 is 0 Å². The fourth-order valence-electron chi connectivity index (χ4n) is 1.93. The average Bonchev–Trinajstić information content (AvgIpc) is 2.84. The Balaban J connectivity index is 2.08. The van der Waals surface area contributed by atoms with E-state index in [-0.39, 0.29) is 0 Å². The molecule has 0 unspecified atom stereocenters. The maximum Gasteiger partial charge on any atom is 0.0948 e. The molecule has 1 atom stereocenters. The van der Waals surface area contributed by atoms with E-state index < -0.39 is 0 Å². The normalized spacial score (nSPS) is 20.9. The average molecular weight is 189 g/mol. The molecule has 1 aromatic heterocycles.